The normalized spacial score (nSPS) is 34.4. The van der Waals surface area contributed by atoms with Gasteiger partial charge in [-0.2, -0.15) is 0 Å². The largest absolute Gasteiger partial charge is 0.379 e. The van der Waals surface area contributed by atoms with Crippen LogP contribution in [0.15, 0.2) is 12.2 Å². The summed E-state index contributed by atoms with van der Waals surface area (Å²) in [6.45, 7) is 6.78. The Balaban J connectivity index is 1.27. The summed E-state index contributed by atoms with van der Waals surface area (Å²) in [7, 11) is 0. The molecule has 0 N–H and O–H groups in total. The first-order valence-corrected chi connectivity index (χ1v) is 8.22. The van der Waals surface area contributed by atoms with Gasteiger partial charge in [0, 0.05) is 25.6 Å². The van der Waals surface area contributed by atoms with Gasteiger partial charge in [0.15, 0.2) is 6.29 Å². The van der Waals surface area contributed by atoms with E-state index < -0.39 is 0 Å². The molecule has 0 unspecified atom stereocenters. The Morgan fingerprint density at radius 3 is 2.90 bits per heavy atom. The van der Waals surface area contributed by atoms with Gasteiger partial charge in [-0.3, -0.25) is 4.90 Å². The minimum atomic E-state index is -0.0252. The molecule has 5 nitrogen and oxygen atoms in total. The van der Waals surface area contributed by atoms with Gasteiger partial charge in [0.25, 0.3) is 0 Å². The Kier molecular flexibility index (Phi) is 6.06. The van der Waals surface area contributed by atoms with Gasteiger partial charge in [-0.1, -0.05) is 12.2 Å². The lowest BCUT2D eigenvalue weighted by Gasteiger charge is -2.26. The molecule has 2 fully saturated rings. The molecule has 0 radical (unpaired) electrons. The molecule has 1 aliphatic carbocycles. The summed E-state index contributed by atoms with van der Waals surface area (Å²) in [4.78, 5) is 2.38. The van der Waals surface area contributed by atoms with Crippen molar-refractivity contribution in [2.24, 2.45) is 5.92 Å². The van der Waals surface area contributed by atoms with E-state index in [-0.39, 0.29) is 12.4 Å². The first kappa shape index (κ1) is 15.4. The topological polar surface area (TPSA) is 40.2 Å². The van der Waals surface area contributed by atoms with Crippen molar-refractivity contribution in [2.75, 3.05) is 52.7 Å². The highest BCUT2D eigenvalue weighted by molar-refractivity contribution is 4.91. The van der Waals surface area contributed by atoms with E-state index in [1.807, 2.05) is 0 Å². The fourth-order valence-corrected chi connectivity index (χ4v) is 3.10. The summed E-state index contributed by atoms with van der Waals surface area (Å²) in [6, 6.07) is 0. The van der Waals surface area contributed by atoms with Crippen molar-refractivity contribution in [3.63, 3.8) is 0 Å². The highest BCUT2D eigenvalue weighted by Crippen LogP contribution is 2.28. The van der Waals surface area contributed by atoms with Crippen molar-refractivity contribution in [3.8, 4) is 0 Å². The van der Waals surface area contributed by atoms with Gasteiger partial charge in [-0.15, -0.1) is 0 Å². The zero-order valence-electron chi connectivity index (χ0n) is 12.7. The number of morpholine rings is 1. The first-order chi connectivity index (χ1) is 10.4. The molecule has 3 aliphatic rings. The summed E-state index contributed by atoms with van der Waals surface area (Å²) in [6.07, 6.45) is 7.97. The van der Waals surface area contributed by atoms with Crippen molar-refractivity contribution in [3.05, 3.63) is 12.2 Å². The summed E-state index contributed by atoms with van der Waals surface area (Å²) in [5.74, 6) is 0.522. The average Bonchev–Trinajstić information content (AvgIpc) is 3.02. The second kappa shape index (κ2) is 8.25. The quantitative estimate of drug-likeness (QED) is 0.548. The standard InChI is InChI=1S/C16H27NO4/c1-2-4-14(5-3-1)16-20-13-15(21-16)12-19-11-8-17-6-9-18-10-7-17/h1-2,14-16H,3-13H2/t14-,15-,16+/m0/s1. The number of nitrogens with zero attached hydrogens (tertiary/aromatic N) is 1. The Bertz CT molecular complexity index is 330. The van der Waals surface area contributed by atoms with E-state index in [0.29, 0.717) is 19.1 Å². The number of ether oxygens (including phenoxy) is 4. The van der Waals surface area contributed by atoms with E-state index in [9.17, 15) is 0 Å². The van der Waals surface area contributed by atoms with Crippen LogP contribution in [0.4, 0.5) is 0 Å². The van der Waals surface area contributed by atoms with Gasteiger partial charge >= 0.3 is 0 Å². The second-order valence-electron chi connectivity index (χ2n) is 6.03. The smallest absolute Gasteiger partial charge is 0.161 e. The molecule has 120 valence electrons. The predicted molar refractivity (Wildman–Crippen MR) is 79.2 cm³/mol. The van der Waals surface area contributed by atoms with Gasteiger partial charge in [0.05, 0.1) is 33.0 Å². The number of allylic oxidation sites excluding steroid dienone is 2. The van der Waals surface area contributed by atoms with E-state index >= 15 is 0 Å². The molecule has 0 aromatic rings. The van der Waals surface area contributed by atoms with Gasteiger partial charge in [-0.05, 0) is 19.3 Å². The summed E-state index contributed by atoms with van der Waals surface area (Å²) in [5.41, 5.74) is 0. The van der Waals surface area contributed by atoms with E-state index in [0.717, 1.165) is 52.3 Å². The van der Waals surface area contributed by atoms with Crippen LogP contribution >= 0.6 is 0 Å². The number of rotatable bonds is 6. The molecule has 0 spiro atoms. The van der Waals surface area contributed by atoms with Crippen molar-refractivity contribution >= 4 is 0 Å². The summed E-state index contributed by atoms with van der Waals surface area (Å²) >= 11 is 0. The van der Waals surface area contributed by atoms with Crippen LogP contribution < -0.4 is 0 Å². The average molecular weight is 297 g/mol. The lowest BCUT2D eigenvalue weighted by Crippen LogP contribution is -2.38. The minimum absolute atomic E-state index is 0.0252. The highest BCUT2D eigenvalue weighted by atomic mass is 16.7. The highest BCUT2D eigenvalue weighted by Gasteiger charge is 2.32. The number of hydrogen-bond acceptors (Lipinski definition) is 5. The molecule has 2 saturated heterocycles. The molecule has 0 saturated carbocycles. The fourth-order valence-electron chi connectivity index (χ4n) is 3.10. The Morgan fingerprint density at radius 2 is 2.10 bits per heavy atom. The molecule has 3 rings (SSSR count). The van der Waals surface area contributed by atoms with Crippen molar-refractivity contribution in [1.29, 1.82) is 0 Å². The molecule has 0 amide bonds. The Labute approximate surface area is 127 Å². The molecule has 0 aromatic heterocycles. The first-order valence-electron chi connectivity index (χ1n) is 8.22. The SMILES string of the molecule is C1=CC[C@H]([C@@H]2OC[C@H](COCCN3CCOCC3)O2)CC1. The third kappa shape index (κ3) is 4.76. The van der Waals surface area contributed by atoms with Gasteiger partial charge in [0.2, 0.25) is 0 Å². The Morgan fingerprint density at radius 1 is 1.19 bits per heavy atom. The molecule has 0 bridgehead atoms. The maximum atomic E-state index is 5.98. The van der Waals surface area contributed by atoms with Crippen molar-refractivity contribution in [2.45, 2.75) is 31.7 Å². The van der Waals surface area contributed by atoms with Crippen LogP contribution in [-0.4, -0.2) is 70.0 Å². The zero-order valence-corrected chi connectivity index (χ0v) is 12.7. The maximum absolute atomic E-state index is 5.98. The molecule has 0 aromatic carbocycles. The second-order valence-corrected chi connectivity index (χ2v) is 6.03. The molecule has 5 heteroatoms. The van der Waals surface area contributed by atoms with E-state index in [2.05, 4.69) is 17.1 Å². The minimum Gasteiger partial charge on any atom is -0.379 e. The van der Waals surface area contributed by atoms with Gasteiger partial charge < -0.3 is 18.9 Å². The van der Waals surface area contributed by atoms with Crippen LogP contribution in [0.5, 0.6) is 0 Å². The monoisotopic (exact) mass is 297 g/mol. The lowest BCUT2D eigenvalue weighted by molar-refractivity contribution is -0.108. The van der Waals surface area contributed by atoms with Crippen LogP contribution in [0.25, 0.3) is 0 Å². The maximum Gasteiger partial charge on any atom is 0.161 e. The molecular formula is C16H27NO4. The van der Waals surface area contributed by atoms with Crippen LogP contribution in [0.1, 0.15) is 19.3 Å². The molecule has 3 atom stereocenters. The van der Waals surface area contributed by atoms with Crippen LogP contribution in [0, 0.1) is 5.92 Å². The van der Waals surface area contributed by atoms with Crippen LogP contribution in [-0.2, 0) is 18.9 Å². The van der Waals surface area contributed by atoms with Gasteiger partial charge in [0.1, 0.15) is 6.10 Å². The van der Waals surface area contributed by atoms with Crippen molar-refractivity contribution in [1.82, 2.24) is 4.90 Å². The number of hydrogen-bond donors (Lipinski definition) is 0. The summed E-state index contributed by atoms with van der Waals surface area (Å²) in [5, 5.41) is 0. The van der Waals surface area contributed by atoms with E-state index in [1.165, 1.54) is 6.42 Å². The van der Waals surface area contributed by atoms with Gasteiger partial charge in [-0.25, -0.2) is 0 Å². The summed E-state index contributed by atoms with van der Waals surface area (Å²) < 4.78 is 22.9. The Hall–Kier alpha value is -0.460. The van der Waals surface area contributed by atoms with Crippen LogP contribution in [0.2, 0.25) is 0 Å². The molecule has 21 heavy (non-hydrogen) atoms. The predicted octanol–water partition coefficient (Wildman–Crippen LogP) is 1.43. The third-order valence-electron chi connectivity index (χ3n) is 4.43. The van der Waals surface area contributed by atoms with Crippen molar-refractivity contribution < 1.29 is 18.9 Å². The van der Waals surface area contributed by atoms with E-state index in [4.69, 9.17) is 18.9 Å². The van der Waals surface area contributed by atoms with E-state index in [1.54, 1.807) is 0 Å². The van der Waals surface area contributed by atoms with Crippen LogP contribution in [0.3, 0.4) is 0 Å². The fraction of sp³-hybridized carbons (Fsp3) is 0.875. The lowest BCUT2D eigenvalue weighted by atomic mass is 9.94. The third-order valence-corrected chi connectivity index (χ3v) is 4.43. The molecule has 2 heterocycles. The molecule has 2 aliphatic heterocycles. The molecular weight excluding hydrogens is 270 g/mol. The zero-order chi connectivity index (χ0) is 14.3.